The van der Waals surface area contributed by atoms with E-state index in [0.29, 0.717) is 6.42 Å². The fourth-order valence-corrected chi connectivity index (χ4v) is 3.44. The van der Waals surface area contributed by atoms with Crippen LogP contribution < -0.4 is 0 Å². The van der Waals surface area contributed by atoms with Crippen LogP contribution in [0.15, 0.2) is 17.8 Å². The fraction of sp³-hybridized carbons (Fsp3) is 0.417. The highest BCUT2D eigenvalue weighted by Crippen LogP contribution is 2.25. The first-order valence-electron chi connectivity index (χ1n) is 6.18. The Bertz CT molecular complexity index is 643. The molecule has 3 aromatic rings. The predicted molar refractivity (Wildman–Crippen MR) is 75.6 cm³/mol. The van der Waals surface area contributed by atoms with Crippen LogP contribution in [-0.4, -0.2) is 24.1 Å². The van der Waals surface area contributed by atoms with E-state index in [0.717, 1.165) is 34.1 Å². The molecular weight excluding hydrogens is 280 g/mol. The van der Waals surface area contributed by atoms with E-state index in [-0.39, 0.29) is 0 Å². The first-order valence-corrected chi connectivity index (χ1v) is 7.83. The summed E-state index contributed by atoms with van der Waals surface area (Å²) in [7, 11) is 0. The molecule has 3 heterocycles. The second kappa shape index (κ2) is 5.36. The number of hydrogen-bond donors (Lipinski definition) is 1. The molecule has 1 unspecified atom stereocenters. The van der Waals surface area contributed by atoms with Crippen LogP contribution >= 0.6 is 22.9 Å². The van der Waals surface area contributed by atoms with Gasteiger partial charge in [0.2, 0.25) is 0 Å². The smallest absolute Gasteiger partial charge is 0.193 e. The Hall–Kier alpha value is -1.31. The van der Waals surface area contributed by atoms with Gasteiger partial charge in [-0.1, -0.05) is 17.8 Å². The summed E-state index contributed by atoms with van der Waals surface area (Å²) in [6.45, 7) is 2.10. The van der Waals surface area contributed by atoms with Crippen LogP contribution in [0.25, 0.3) is 4.96 Å². The molecular formula is C12H14N4OS2. The van der Waals surface area contributed by atoms with Crippen molar-refractivity contribution in [2.24, 2.45) is 0 Å². The average Bonchev–Trinajstić information content (AvgIpc) is 3.03. The van der Waals surface area contributed by atoms with Crippen molar-refractivity contribution in [3.63, 3.8) is 0 Å². The van der Waals surface area contributed by atoms with Gasteiger partial charge in [0.15, 0.2) is 4.96 Å². The summed E-state index contributed by atoms with van der Waals surface area (Å²) in [4.78, 5) is 6.31. The number of fused-ring (bicyclic) bond motifs is 1. The van der Waals surface area contributed by atoms with Crippen molar-refractivity contribution < 1.29 is 5.11 Å². The maximum Gasteiger partial charge on any atom is 0.193 e. The first kappa shape index (κ1) is 12.7. The molecule has 0 amide bonds. The number of rotatable bonds is 5. The van der Waals surface area contributed by atoms with Gasteiger partial charge in [-0.3, -0.25) is 4.40 Å². The molecule has 7 heteroatoms. The summed E-state index contributed by atoms with van der Waals surface area (Å²) in [5.41, 5.74) is 1.82. The Morgan fingerprint density at radius 3 is 3.16 bits per heavy atom. The summed E-state index contributed by atoms with van der Waals surface area (Å²) in [6.07, 6.45) is 5.75. The third-order valence-corrected chi connectivity index (χ3v) is 4.56. The van der Waals surface area contributed by atoms with Crippen LogP contribution in [0.1, 0.15) is 35.7 Å². The van der Waals surface area contributed by atoms with Gasteiger partial charge in [0.25, 0.3) is 0 Å². The molecule has 3 rings (SSSR count). The predicted octanol–water partition coefficient (Wildman–Crippen LogP) is 2.48. The molecule has 0 saturated carbocycles. The van der Waals surface area contributed by atoms with Gasteiger partial charge >= 0.3 is 0 Å². The van der Waals surface area contributed by atoms with Gasteiger partial charge in [0.1, 0.15) is 0 Å². The number of aliphatic hydroxyl groups excluding tert-OH is 1. The number of aliphatic hydroxyl groups is 1. The molecule has 0 fully saturated rings. The Morgan fingerprint density at radius 1 is 1.47 bits per heavy atom. The lowest BCUT2D eigenvalue weighted by Crippen LogP contribution is -2.03. The Labute approximate surface area is 118 Å². The van der Waals surface area contributed by atoms with Crippen molar-refractivity contribution in [2.45, 2.75) is 32.3 Å². The molecule has 0 aliphatic rings. The van der Waals surface area contributed by atoms with E-state index < -0.39 is 6.10 Å². The summed E-state index contributed by atoms with van der Waals surface area (Å²) < 4.78 is 5.92. The van der Waals surface area contributed by atoms with Crippen LogP contribution in [-0.2, 0) is 12.8 Å². The summed E-state index contributed by atoms with van der Waals surface area (Å²) in [6, 6.07) is 0. The number of nitrogens with zero attached hydrogens (tertiary/aromatic N) is 4. The van der Waals surface area contributed by atoms with Gasteiger partial charge < -0.3 is 5.11 Å². The normalized spacial score (nSPS) is 13.2. The first-order chi connectivity index (χ1) is 9.28. The van der Waals surface area contributed by atoms with Crippen LogP contribution in [0.5, 0.6) is 0 Å². The topological polar surface area (TPSA) is 63.3 Å². The fourth-order valence-electron chi connectivity index (χ4n) is 2.04. The van der Waals surface area contributed by atoms with E-state index in [2.05, 4.69) is 21.5 Å². The number of hydrogen-bond acceptors (Lipinski definition) is 6. The van der Waals surface area contributed by atoms with Crippen molar-refractivity contribution in [1.29, 1.82) is 0 Å². The highest BCUT2D eigenvalue weighted by atomic mass is 32.1. The van der Waals surface area contributed by atoms with Gasteiger partial charge in [-0.05, 0) is 18.0 Å². The molecule has 3 aromatic heterocycles. The van der Waals surface area contributed by atoms with Crippen molar-refractivity contribution in [1.82, 2.24) is 19.0 Å². The van der Waals surface area contributed by atoms with Crippen molar-refractivity contribution >= 4 is 27.8 Å². The molecule has 5 nitrogen and oxygen atoms in total. The highest BCUT2D eigenvalue weighted by molar-refractivity contribution is 7.15. The Kier molecular flexibility index (Phi) is 3.58. The summed E-state index contributed by atoms with van der Waals surface area (Å²) >= 11 is 2.87. The van der Waals surface area contributed by atoms with Crippen LogP contribution in [0.3, 0.4) is 0 Å². The zero-order valence-corrected chi connectivity index (χ0v) is 12.1. The van der Waals surface area contributed by atoms with Crippen molar-refractivity contribution in [2.75, 3.05) is 0 Å². The molecule has 0 saturated heterocycles. The summed E-state index contributed by atoms with van der Waals surface area (Å²) in [5, 5.41) is 16.4. The maximum atomic E-state index is 10.3. The lowest BCUT2D eigenvalue weighted by atomic mass is 10.1. The molecule has 0 aliphatic carbocycles. The number of aryl methyl sites for hydroxylation is 1. The highest BCUT2D eigenvalue weighted by Gasteiger charge is 2.18. The molecule has 0 bridgehead atoms. The lowest BCUT2D eigenvalue weighted by molar-refractivity contribution is 0.180. The number of imidazole rings is 1. The van der Waals surface area contributed by atoms with E-state index in [1.165, 1.54) is 11.5 Å². The van der Waals surface area contributed by atoms with E-state index in [4.69, 9.17) is 0 Å². The number of aromatic nitrogens is 4. The Morgan fingerprint density at radius 2 is 2.37 bits per heavy atom. The molecule has 0 radical (unpaired) electrons. The molecule has 19 heavy (non-hydrogen) atoms. The van der Waals surface area contributed by atoms with Gasteiger partial charge in [-0.2, -0.15) is 0 Å². The van der Waals surface area contributed by atoms with Gasteiger partial charge in [-0.25, -0.2) is 4.98 Å². The SMILES string of the molecule is CCCc1nnsc1C(O)Cc1cn2ccsc2n1. The van der Waals surface area contributed by atoms with E-state index in [1.807, 2.05) is 22.2 Å². The van der Waals surface area contributed by atoms with Crippen LogP contribution in [0.4, 0.5) is 0 Å². The average molecular weight is 294 g/mol. The van der Waals surface area contributed by atoms with E-state index in [9.17, 15) is 5.11 Å². The van der Waals surface area contributed by atoms with E-state index >= 15 is 0 Å². The van der Waals surface area contributed by atoms with Gasteiger partial charge in [-0.15, -0.1) is 16.4 Å². The van der Waals surface area contributed by atoms with Crippen LogP contribution in [0, 0.1) is 0 Å². The van der Waals surface area contributed by atoms with E-state index in [1.54, 1.807) is 11.3 Å². The zero-order chi connectivity index (χ0) is 13.2. The zero-order valence-electron chi connectivity index (χ0n) is 10.5. The minimum absolute atomic E-state index is 0.509. The maximum absolute atomic E-state index is 10.3. The minimum atomic E-state index is -0.564. The second-order valence-electron chi connectivity index (χ2n) is 4.38. The third-order valence-electron chi connectivity index (χ3n) is 2.92. The monoisotopic (exact) mass is 294 g/mol. The summed E-state index contributed by atoms with van der Waals surface area (Å²) in [5.74, 6) is 0. The molecule has 1 atom stereocenters. The van der Waals surface area contributed by atoms with Crippen molar-refractivity contribution in [3.05, 3.63) is 34.0 Å². The quantitative estimate of drug-likeness (QED) is 0.785. The van der Waals surface area contributed by atoms with Gasteiger partial charge in [0, 0.05) is 24.2 Å². The standard InChI is InChI=1S/C12H14N4OS2/c1-2-3-9-11(19-15-14-9)10(17)6-8-7-16-4-5-18-12(16)13-8/h4-5,7,10,17H,2-3,6H2,1H3. The lowest BCUT2D eigenvalue weighted by Gasteiger charge is -2.07. The molecule has 0 aliphatic heterocycles. The molecule has 0 aromatic carbocycles. The van der Waals surface area contributed by atoms with Crippen LogP contribution in [0.2, 0.25) is 0 Å². The minimum Gasteiger partial charge on any atom is -0.387 e. The van der Waals surface area contributed by atoms with Crippen molar-refractivity contribution in [3.8, 4) is 0 Å². The third kappa shape index (κ3) is 2.54. The largest absolute Gasteiger partial charge is 0.387 e. The second-order valence-corrected chi connectivity index (χ2v) is 6.04. The number of thiazole rings is 1. The van der Waals surface area contributed by atoms with Gasteiger partial charge in [0.05, 0.1) is 22.4 Å². The molecule has 0 spiro atoms. The molecule has 1 N–H and O–H groups in total. The molecule has 100 valence electrons. The Balaban J connectivity index is 1.78.